The molecule has 1 aliphatic heterocycles. The molecule has 0 aliphatic carbocycles. The van der Waals surface area contributed by atoms with Gasteiger partial charge in [0.1, 0.15) is 0 Å². The molecule has 1 saturated heterocycles. The standard InChI is InChI=1S/C8H18O3Si/c1-4-10-12(3,11-5-2)7-8-6-9-8/h8H,4-7H2,1-3H3. The van der Waals surface area contributed by atoms with E-state index >= 15 is 0 Å². The normalized spacial score (nSPS) is 22.8. The minimum atomic E-state index is -1.88. The van der Waals surface area contributed by atoms with Crippen LogP contribution in [0.15, 0.2) is 0 Å². The van der Waals surface area contributed by atoms with Crippen LogP contribution in [-0.4, -0.2) is 34.5 Å². The van der Waals surface area contributed by atoms with Crippen LogP contribution in [0.3, 0.4) is 0 Å². The van der Waals surface area contributed by atoms with Gasteiger partial charge in [-0.15, -0.1) is 0 Å². The van der Waals surface area contributed by atoms with Gasteiger partial charge in [0, 0.05) is 19.3 Å². The van der Waals surface area contributed by atoms with Crippen LogP contribution in [0.1, 0.15) is 13.8 Å². The number of epoxide rings is 1. The van der Waals surface area contributed by atoms with Gasteiger partial charge < -0.3 is 13.6 Å². The Labute approximate surface area is 75.3 Å². The van der Waals surface area contributed by atoms with E-state index in [1.165, 1.54) is 0 Å². The Kier molecular flexibility index (Phi) is 3.70. The molecule has 1 atom stereocenters. The fraction of sp³-hybridized carbons (Fsp3) is 1.00. The Hall–Kier alpha value is 0.0969. The molecule has 0 aromatic rings. The molecule has 0 amide bonds. The Morgan fingerprint density at radius 1 is 1.33 bits per heavy atom. The smallest absolute Gasteiger partial charge is 0.337 e. The lowest BCUT2D eigenvalue weighted by Crippen LogP contribution is -2.40. The molecular weight excluding hydrogens is 172 g/mol. The van der Waals surface area contributed by atoms with Gasteiger partial charge >= 0.3 is 8.56 Å². The SMILES string of the molecule is CCO[Si](C)(CC1CO1)OCC. The minimum Gasteiger partial charge on any atom is -0.395 e. The summed E-state index contributed by atoms with van der Waals surface area (Å²) in [4.78, 5) is 0. The largest absolute Gasteiger partial charge is 0.395 e. The van der Waals surface area contributed by atoms with E-state index in [4.69, 9.17) is 13.6 Å². The fourth-order valence-corrected chi connectivity index (χ4v) is 3.97. The van der Waals surface area contributed by atoms with Crippen molar-refractivity contribution in [3.05, 3.63) is 0 Å². The summed E-state index contributed by atoms with van der Waals surface area (Å²) in [6.45, 7) is 8.52. The quantitative estimate of drug-likeness (QED) is 0.470. The van der Waals surface area contributed by atoms with Crippen molar-refractivity contribution in [2.45, 2.75) is 32.5 Å². The highest BCUT2D eigenvalue weighted by atomic mass is 28.4. The van der Waals surface area contributed by atoms with Crippen molar-refractivity contribution < 1.29 is 13.6 Å². The van der Waals surface area contributed by atoms with Crippen molar-refractivity contribution in [3.8, 4) is 0 Å². The third-order valence-electron chi connectivity index (χ3n) is 1.90. The van der Waals surface area contributed by atoms with E-state index in [-0.39, 0.29) is 0 Å². The van der Waals surface area contributed by atoms with Gasteiger partial charge in [0.25, 0.3) is 0 Å². The van der Waals surface area contributed by atoms with Gasteiger partial charge in [-0.05, 0) is 20.4 Å². The molecule has 1 rings (SSSR count). The summed E-state index contributed by atoms with van der Waals surface area (Å²) in [5.41, 5.74) is 0. The van der Waals surface area contributed by atoms with Crippen LogP contribution in [0.2, 0.25) is 12.6 Å². The number of hydrogen-bond donors (Lipinski definition) is 0. The van der Waals surface area contributed by atoms with Crippen molar-refractivity contribution in [1.82, 2.24) is 0 Å². The fourth-order valence-electron chi connectivity index (χ4n) is 1.37. The molecule has 72 valence electrons. The van der Waals surface area contributed by atoms with Crippen LogP contribution < -0.4 is 0 Å². The summed E-state index contributed by atoms with van der Waals surface area (Å²) in [5.74, 6) is 0. The molecule has 3 nitrogen and oxygen atoms in total. The van der Waals surface area contributed by atoms with Crippen molar-refractivity contribution in [3.63, 3.8) is 0 Å². The van der Waals surface area contributed by atoms with Crippen LogP contribution in [-0.2, 0) is 13.6 Å². The van der Waals surface area contributed by atoms with E-state index in [1.54, 1.807) is 0 Å². The lowest BCUT2D eigenvalue weighted by molar-refractivity contribution is 0.185. The first kappa shape index (κ1) is 10.2. The maximum absolute atomic E-state index is 5.66. The molecule has 4 heteroatoms. The van der Waals surface area contributed by atoms with E-state index in [0.717, 1.165) is 25.9 Å². The summed E-state index contributed by atoms with van der Waals surface area (Å²) in [6, 6.07) is 0.981. The predicted octanol–water partition coefficient (Wildman–Crippen LogP) is 1.53. The van der Waals surface area contributed by atoms with E-state index in [2.05, 4.69) is 6.55 Å². The third kappa shape index (κ3) is 3.22. The van der Waals surface area contributed by atoms with Gasteiger partial charge in [-0.3, -0.25) is 0 Å². The lowest BCUT2D eigenvalue weighted by atomic mass is 10.6. The molecule has 1 unspecified atom stereocenters. The highest BCUT2D eigenvalue weighted by Gasteiger charge is 2.39. The van der Waals surface area contributed by atoms with Crippen molar-refractivity contribution >= 4 is 8.56 Å². The molecule has 12 heavy (non-hydrogen) atoms. The van der Waals surface area contributed by atoms with Gasteiger partial charge in [0.05, 0.1) is 12.7 Å². The van der Waals surface area contributed by atoms with E-state index < -0.39 is 8.56 Å². The van der Waals surface area contributed by atoms with Gasteiger partial charge in [-0.2, -0.15) is 0 Å². The van der Waals surface area contributed by atoms with Gasteiger partial charge in [0.2, 0.25) is 0 Å². The third-order valence-corrected chi connectivity index (χ3v) is 4.90. The highest BCUT2D eigenvalue weighted by Crippen LogP contribution is 2.24. The zero-order chi connectivity index (χ0) is 9.03. The summed E-state index contributed by atoms with van der Waals surface area (Å²) in [5, 5.41) is 0. The summed E-state index contributed by atoms with van der Waals surface area (Å²) in [7, 11) is -1.88. The molecule has 0 aromatic carbocycles. The van der Waals surface area contributed by atoms with Crippen LogP contribution in [0.25, 0.3) is 0 Å². The van der Waals surface area contributed by atoms with E-state index in [1.807, 2.05) is 13.8 Å². The summed E-state index contributed by atoms with van der Waals surface area (Å²) >= 11 is 0. The minimum absolute atomic E-state index is 0.416. The molecule has 0 spiro atoms. The van der Waals surface area contributed by atoms with Gasteiger partial charge in [-0.25, -0.2) is 0 Å². The second-order valence-electron chi connectivity index (χ2n) is 3.16. The van der Waals surface area contributed by atoms with Crippen LogP contribution in [0.5, 0.6) is 0 Å². The number of hydrogen-bond acceptors (Lipinski definition) is 3. The Morgan fingerprint density at radius 3 is 2.17 bits per heavy atom. The number of rotatable bonds is 6. The molecule has 1 aliphatic rings. The highest BCUT2D eigenvalue weighted by molar-refractivity contribution is 6.66. The van der Waals surface area contributed by atoms with Crippen molar-refractivity contribution in [1.29, 1.82) is 0 Å². The van der Waals surface area contributed by atoms with E-state index in [0.29, 0.717) is 6.10 Å². The van der Waals surface area contributed by atoms with E-state index in [9.17, 15) is 0 Å². The first-order valence-electron chi connectivity index (χ1n) is 4.59. The maximum Gasteiger partial charge on any atom is 0.337 e. The van der Waals surface area contributed by atoms with Crippen LogP contribution in [0, 0.1) is 0 Å². The van der Waals surface area contributed by atoms with Gasteiger partial charge in [-0.1, -0.05) is 0 Å². The second kappa shape index (κ2) is 4.37. The molecule has 1 heterocycles. The first-order valence-corrected chi connectivity index (χ1v) is 7.12. The zero-order valence-electron chi connectivity index (χ0n) is 8.13. The summed E-state index contributed by atoms with van der Waals surface area (Å²) in [6.07, 6.45) is 0.416. The molecule has 0 N–H and O–H groups in total. The monoisotopic (exact) mass is 190 g/mol. The van der Waals surface area contributed by atoms with Gasteiger partial charge in [0.15, 0.2) is 0 Å². The molecule has 0 aromatic heterocycles. The lowest BCUT2D eigenvalue weighted by Gasteiger charge is -2.24. The average Bonchev–Trinajstić information content (AvgIpc) is 2.72. The zero-order valence-corrected chi connectivity index (χ0v) is 9.13. The average molecular weight is 190 g/mol. The molecular formula is C8H18O3Si. The topological polar surface area (TPSA) is 31.0 Å². The first-order chi connectivity index (χ1) is 5.70. The predicted molar refractivity (Wildman–Crippen MR) is 49.4 cm³/mol. The molecule has 0 bridgehead atoms. The molecule has 0 radical (unpaired) electrons. The maximum atomic E-state index is 5.66. The Balaban J connectivity index is 2.32. The van der Waals surface area contributed by atoms with Crippen LogP contribution in [0.4, 0.5) is 0 Å². The number of ether oxygens (including phenoxy) is 1. The Bertz CT molecular complexity index is 130. The van der Waals surface area contributed by atoms with Crippen molar-refractivity contribution in [2.75, 3.05) is 19.8 Å². The second-order valence-corrected chi connectivity index (χ2v) is 6.41. The summed E-state index contributed by atoms with van der Waals surface area (Å²) < 4.78 is 16.5. The van der Waals surface area contributed by atoms with Crippen LogP contribution >= 0.6 is 0 Å². The van der Waals surface area contributed by atoms with Crippen molar-refractivity contribution in [2.24, 2.45) is 0 Å². The molecule has 1 fully saturated rings. The molecule has 0 saturated carbocycles. The Morgan fingerprint density at radius 2 is 1.83 bits per heavy atom.